The Kier molecular flexibility index (Phi) is 6.95. The molecule has 1 atom stereocenters. The van der Waals surface area contributed by atoms with Crippen LogP contribution in [-0.2, 0) is 14.8 Å². The molecule has 1 unspecified atom stereocenters. The first-order valence-electron chi connectivity index (χ1n) is 9.55. The fourth-order valence-electron chi connectivity index (χ4n) is 2.76. The number of rotatable bonds is 8. The van der Waals surface area contributed by atoms with E-state index in [2.05, 4.69) is 15.0 Å². The van der Waals surface area contributed by atoms with Gasteiger partial charge in [0.15, 0.2) is 5.13 Å². The Morgan fingerprint density at radius 3 is 2.44 bits per heavy atom. The van der Waals surface area contributed by atoms with Crippen LogP contribution in [0.3, 0.4) is 0 Å². The smallest absolute Gasteiger partial charge is 0.271 e. The van der Waals surface area contributed by atoms with Crippen LogP contribution in [0.4, 0.5) is 10.8 Å². The molecule has 2 aromatic carbocycles. The van der Waals surface area contributed by atoms with E-state index in [4.69, 9.17) is 0 Å². The summed E-state index contributed by atoms with van der Waals surface area (Å²) in [6, 6.07) is 20.0. The van der Waals surface area contributed by atoms with E-state index in [-0.39, 0.29) is 15.4 Å². The predicted octanol–water partition coefficient (Wildman–Crippen LogP) is 5.79. The second-order valence-electron chi connectivity index (χ2n) is 6.72. The van der Waals surface area contributed by atoms with Crippen LogP contribution in [-0.4, -0.2) is 24.6 Å². The highest BCUT2D eigenvalue weighted by Crippen LogP contribution is 2.29. The van der Waals surface area contributed by atoms with E-state index in [1.165, 1.54) is 23.1 Å². The van der Waals surface area contributed by atoms with Crippen LogP contribution in [0.5, 0.6) is 0 Å². The van der Waals surface area contributed by atoms with E-state index in [9.17, 15) is 13.2 Å². The van der Waals surface area contributed by atoms with Crippen molar-refractivity contribution >= 4 is 61.2 Å². The lowest BCUT2D eigenvalue weighted by Crippen LogP contribution is -2.22. The molecule has 0 saturated heterocycles. The number of amides is 1. The summed E-state index contributed by atoms with van der Waals surface area (Å²) in [4.78, 5) is 17.9. The molecule has 4 aromatic rings. The number of thiophene rings is 1. The van der Waals surface area contributed by atoms with Gasteiger partial charge in [-0.15, -0.1) is 34.4 Å². The van der Waals surface area contributed by atoms with Crippen molar-refractivity contribution in [3.63, 3.8) is 0 Å². The molecule has 164 valence electrons. The second kappa shape index (κ2) is 9.86. The van der Waals surface area contributed by atoms with Gasteiger partial charge < -0.3 is 5.32 Å². The van der Waals surface area contributed by atoms with Crippen LogP contribution in [0, 0.1) is 0 Å². The summed E-state index contributed by atoms with van der Waals surface area (Å²) in [5.41, 5.74) is 2.30. The number of aromatic nitrogens is 1. The standard InChI is InChI=1S/C22H19N3O3S4/c1-15(21(26)24-22-23-19(14-30-22)16-6-3-2-4-7-16)31-18-11-9-17(10-12-18)25-32(27,28)20-8-5-13-29-20/h2-15,25H,1H3,(H,23,24,26). The van der Waals surface area contributed by atoms with Crippen molar-refractivity contribution in [2.24, 2.45) is 0 Å². The summed E-state index contributed by atoms with van der Waals surface area (Å²) in [6.07, 6.45) is 0. The van der Waals surface area contributed by atoms with Gasteiger partial charge in [0.2, 0.25) is 5.91 Å². The summed E-state index contributed by atoms with van der Waals surface area (Å²) in [5, 5.41) is 6.70. The Hall–Kier alpha value is -2.66. The van der Waals surface area contributed by atoms with Crippen molar-refractivity contribution < 1.29 is 13.2 Å². The van der Waals surface area contributed by atoms with Crippen LogP contribution < -0.4 is 10.0 Å². The largest absolute Gasteiger partial charge is 0.301 e. The van der Waals surface area contributed by atoms with Crippen molar-refractivity contribution in [3.8, 4) is 11.3 Å². The maximum atomic E-state index is 12.6. The first-order valence-corrected chi connectivity index (χ1v) is 13.7. The molecule has 0 radical (unpaired) electrons. The molecular formula is C22H19N3O3S4. The molecule has 0 spiro atoms. The SMILES string of the molecule is CC(Sc1ccc(NS(=O)(=O)c2cccs2)cc1)C(=O)Nc1nc(-c2ccccc2)cs1. The lowest BCUT2D eigenvalue weighted by molar-refractivity contribution is -0.115. The molecule has 0 aliphatic carbocycles. The van der Waals surface area contributed by atoms with Crippen LogP contribution in [0.1, 0.15) is 6.92 Å². The minimum atomic E-state index is -3.58. The van der Waals surface area contributed by atoms with Gasteiger partial charge >= 0.3 is 0 Å². The molecule has 32 heavy (non-hydrogen) atoms. The molecule has 1 amide bonds. The average molecular weight is 502 g/mol. The Bertz CT molecular complexity index is 1290. The van der Waals surface area contributed by atoms with Crippen LogP contribution >= 0.6 is 34.4 Å². The minimum absolute atomic E-state index is 0.147. The molecule has 0 bridgehead atoms. The number of carbonyl (C=O) groups excluding carboxylic acids is 1. The number of thiazole rings is 1. The molecule has 10 heteroatoms. The molecule has 0 saturated carbocycles. The number of carbonyl (C=O) groups is 1. The van der Waals surface area contributed by atoms with E-state index < -0.39 is 10.0 Å². The Labute approximate surface area is 198 Å². The number of nitrogens with one attached hydrogen (secondary N) is 2. The van der Waals surface area contributed by atoms with Gasteiger partial charge in [-0.3, -0.25) is 9.52 Å². The topological polar surface area (TPSA) is 88.2 Å². The molecule has 2 heterocycles. The number of hydrogen-bond donors (Lipinski definition) is 2. The highest BCUT2D eigenvalue weighted by atomic mass is 32.2. The number of nitrogens with zero attached hydrogens (tertiary/aromatic N) is 1. The lowest BCUT2D eigenvalue weighted by atomic mass is 10.2. The average Bonchev–Trinajstić information content (AvgIpc) is 3.48. The molecule has 0 fully saturated rings. The highest BCUT2D eigenvalue weighted by molar-refractivity contribution is 8.00. The Morgan fingerprint density at radius 1 is 1.00 bits per heavy atom. The van der Waals surface area contributed by atoms with E-state index in [1.807, 2.05) is 42.6 Å². The molecule has 2 aromatic heterocycles. The predicted molar refractivity (Wildman–Crippen MR) is 133 cm³/mol. The summed E-state index contributed by atoms with van der Waals surface area (Å²) >= 11 is 3.94. The Morgan fingerprint density at radius 2 is 1.75 bits per heavy atom. The summed E-state index contributed by atoms with van der Waals surface area (Å²) < 4.78 is 27.5. The van der Waals surface area contributed by atoms with E-state index in [1.54, 1.807) is 41.8 Å². The van der Waals surface area contributed by atoms with E-state index in [0.29, 0.717) is 10.8 Å². The third kappa shape index (κ3) is 5.57. The van der Waals surface area contributed by atoms with Gasteiger partial charge in [-0.1, -0.05) is 36.4 Å². The highest BCUT2D eigenvalue weighted by Gasteiger charge is 2.18. The van der Waals surface area contributed by atoms with Gasteiger partial charge in [-0.2, -0.15) is 0 Å². The number of anilines is 2. The first kappa shape index (κ1) is 22.5. The summed E-state index contributed by atoms with van der Waals surface area (Å²) in [5.74, 6) is -0.147. The lowest BCUT2D eigenvalue weighted by Gasteiger charge is -2.11. The molecule has 0 aliphatic heterocycles. The summed E-state index contributed by atoms with van der Waals surface area (Å²) in [7, 11) is -3.58. The van der Waals surface area contributed by atoms with Crippen LogP contribution in [0.2, 0.25) is 0 Å². The van der Waals surface area contributed by atoms with E-state index in [0.717, 1.165) is 27.5 Å². The third-order valence-electron chi connectivity index (χ3n) is 4.35. The van der Waals surface area contributed by atoms with Gasteiger partial charge in [0.05, 0.1) is 10.9 Å². The molecule has 0 aliphatic rings. The van der Waals surface area contributed by atoms with Crippen molar-refractivity contribution in [1.82, 2.24) is 4.98 Å². The molecule has 2 N–H and O–H groups in total. The quantitative estimate of drug-likeness (QED) is 0.298. The normalized spacial score (nSPS) is 12.3. The summed E-state index contributed by atoms with van der Waals surface area (Å²) in [6.45, 7) is 1.82. The number of thioether (sulfide) groups is 1. The molecule has 6 nitrogen and oxygen atoms in total. The van der Waals surface area contributed by atoms with Crippen molar-refractivity contribution in [1.29, 1.82) is 0 Å². The zero-order chi connectivity index (χ0) is 22.6. The fourth-order valence-corrected chi connectivity index (χ4v) is 6.40. The third-order valence-corrected chi connectivity index (χ3v) is 9.00. The zero-order valence-electron chi connectivity index (χ0n) is 16.9. The van der Waals surface area contributed by atoms with Crippen LogP contribution in [0.25, 0.3) is 11.3 Å². The van der Waals surface area contributed by atoms with Gasteiger partial charge in [0, 0.05) is 21.5 Å². The van der Waals surface area contributed by atoms with Crippen molar-refractivity contribution in [3.05, 3.63) is 77.5 Å². The van der Waals surface area contributed by atoms with Crippen LogP contribution in [0.15, 0.2) is 86.6 Å². The number of sulfonamides is 1. The van der Waals surface area contributed by atoms with Gasteiger partial charge in [-0.25, -0.2) is 13.4 Å². The number of hydrogen-bond acceptors (Lipinski definition) is 7. The molecule has 4 rings (SSSR count). The van der Waals surface area contributed by atoms with Crippen molar-refractivity contribution in [2.75, 3.05) is 10.0 Å². The monoisotopic (exact) mass is 501 g/mol. The first-order chi connectivity index (χ1) is 15.4. The fraction of sp³-hybridized carbons (Fsp3) is 0.0909. The minimum Gasteiger partial charge on any atom is -0.301 e. The van der Waals surface area contributed by atoms with Crippen molar-refractivity contribution in [2.45, 2.75) is 21.3 Å². The van der Waals surface area contributed by atoms with Gasteiger partial charge in [0.25, 0.3) is 10.0 Å². The molecular weight excluding hydrogens is 483 g/mol. The van der Waals surface area contributed by atoms with E-state index >= 15 is 0 Å². The van der Waals surface area contributed by atoms with Gasteiger partial charge in [-0.05, 0) is 42.6 Å². The zero-order valence-corrected chi connectivity index (χ0v) is 20.2. The maximum Gasteiger partial charge on any atom is 0.271 e. The number of benzene rings is 2. The second-order valence-corrected chi connectivity index (χ2v) is 11.8. The van der Waals surface area contributed by atoms with Gasteiger partial charge in [0.1, 0.15) is 4.21 Å². The Balaban J connectivity index is 1.34. The maximum absolute atomic E-state index is 12.6.